The summed E-state index contributed by atoms with van der Waals surface area (Å²) in [6.45, 7) is 1.99. The highest BCUT2D eigenvalue weighted by atomic mass is 16.5. The van der Waals surface area contributed by atoms with Gasteiger partial charge < -0.3 is 10.5 Å². The molecule has 2 N–H and O–H groups in total. The Bertz CT molecular complexity index is 361. The number of ether oxygens (including phenoxy) is 1. The molecule has 1 fully saturated rings. The molecule has 0 radical (unpaired) electrons. The lowest BCUT2D eigenvalue weighted by Gasteiger charge is -2.10. The molecular weight excluding hydrogens is 190 g/mol. The lowest BCUT2D eigenvalue weighted by atomic mass is 10.1. The smallest absolute Gasteiger partial charge is 0.219 e. The minimum atomic E-state index is 0.0879. The monoisotopic (exact) mass is 207 g/mol. The Kier molecular flexibility index (Phi) is 2.61. The molecule has 0 aromatic carbocycles. The van der Waals surface area contributed by atoms with Crippen LogP contribution in [0, 0.1) is 6.92 Å². The zero-order valence-corrected chi connectivity index (χ0v) is 9.29. The molecule has 0 aliphatic heterocycles. The normalized spacial score (nSPS) is 17.5. The van der Waals surface area contributed by atoms with Crippen molar-refractivity contribution in [1.29, 1.82) is 0 Å². The van der Waals surface area contributed by atoms with Gasteiger partial charge >= 0.3 is 0 Å². The standard InChI is InChI=1S/C11H17N3O/c1-8-9(3-4-11(12)5-6-11)13-7-14-10(8)15-2/h7H,3-6,12H2,1-2H3. The largest absolute Gasteiger partial charge is 0.481 e. The maximum atomic E-state index is 6.04. The summed E-state index contributed by atoms with van der Waals surface area (Å²) in [6.07, 6.45) is 5.77. The van der Waals surface area contributed by atoms with Gasteiger partial charge in [0.2, 0.25) is 5.88 Å². The summed E-state index contributed by atoms with van der Waals surface area (Å²) in [4.78, 5) is 8.32. The molecule has 2 rings (SSSR count). The van der Waals surface area contributed by atoms with E-state index in [1.165, 1.54) is 0 Å². The van der Waals surface area contributed by atoms with E-state index in [9.17, 15) is 0 Å². The van der Waals surface area contributed by atoms with E-state index in [0.29, 0.717) is 5.88 Å². The van der Waals surface area contributed by atoms with Crippen LogP contribution < -0.4 is 10.5 Å². The van der Waals surface area contributed by atoms with Gasteiger partial charge in [-0.2, -0.15) is 0 Å². The van der Waals surface area contributed by atoms with Gasteiger partial charge in [0.25, 0.3) is 0 Å². The maximum absolute atomic E-state index is 6.04. The summed E-state index contributed by atoms with van der Waals surface area (Å²) in [5, 5.41) is 0. The van der Waals surface area contributed by atoms with Crippen LogP contribution in [0.1, 0.15) is 30.5 Å². The Balaban J connectivity index is 2.07. The van der Waals surface area contributed by atoms with E-state index < -0.39 is 0 Å². The molecule has 0 unspecified atom stereocenters. The predicted molar refractivity (Wildman–Crippen MR) is 57.8 cm³/mol. The SMILES string of the molecule is COc1ncnc(CCC2(N)CC2)c1C. The van der Waals surface area contributed by atoms with Crippen molar-refractivity contribution in [3.8, 4) is 5.88 Å². The van der Waals surface area contributed by atoms with E-state index in [1.54, 1.807) is 13.4 Å². The molecule has 0 amide bonds. The van der Waals surface area contributed by atoms with E-state index in [4.69, 9.17) is 10.5 Å². The average molecular weight is 207 g/mol. The third-order valence-corrected chi connectivity index (χ3v) is 3.09. The van der Waals surface area contributed by atoms with Crippen LogP contribution in [0.5, 0.6) is 5.88 Å². The van der Waals surface area contributed by atoms with Crippen LogP contribution in [0.4, 0.5) is 0 Å². The van der Waals surface area contributed by atoms with Crippen molar-refractivity contribution < 1.29 is 4.74 Å². The number of rotatable bonds is 4. The van der Waals surface area contributed by atoms with Crippen LogP contribution in [0.25, 0.3) is 0 Å². The average Bonchev–Trinajstić information content (AvgIpc) is 2.96. The molecule has 1 aromatic rings. The predicted octanol–water partition coefficient (Wildman–Crippen LogP) is 1.22. The first-order valence-electron chi connectivity index (χ1n) is 5.28. The van der Waals surface area contributed by atoms with Gasteiger partial charge in [-0.25, -0.2) is 9.97 Å². The van der Waals surface area contributed by atoms with Gasteiger partial charge in [-0.3, -0.25) is 0 Å². The third-order valence-electron chi connectivity index (χ3n) is 3.09. The van der Waals surface area contributed by atoms with Crippen LogP contribution in [0.15, 0.2) is 6.33 Å². The van der Waals surface area contributed by atoms with Gasteiger partial charge in [0.05, 0.1) is 12.8 Å². The second-order valence-corrected chi connectivity index (χ2v) is 4.32. The number of nitrogens with zero attached hydrogens (tertiary/aromatic N) is 2. The summed E-state index contributed by atoms with van der Waals surface area (Å²) in [7, 11) is 1.63. The molecule has 15 heavy (non-hydrogen) atoms. The maximum Gasteiger partial charge on any atom is 0.219 e. The molecule has 0 saturated heterocycles. The highest BCUT2D eigenvalue weighted by Gasteiger charge is 2.37. The molecule has 1 saturated carbocycles. The topological polar surface area (TPSA) is 61.0 Å². The highest BCUT2D eigenvalue weighted by Crippen LogP contribution is 2.36. The number of aryl methyl sites for hydroxylation is 1. The summed E-state index contributed by atoms with van der Waals surface area (Å²) in [5.74, 6) is 0.668. The van der Waals surface area contributed by atoms with Crippen molar-refractivity contribution in [2.24, 2.45) is 5.73 Å². The molecule has 1 aliphatic carbocycles. The van der Waals surface area contributed by atoms with Gasteiger partial charge in [0.15, 0.2) is 0 Å². The fourth-order valence-corrected chi connectivity index (χ4v) is 1.70. The molecule has 0 atom stereocenters. The van der Waals surface area contributed by atoms with Crippen LogP contribution in [0.3, 0.4) is 0 Å². The molecule has 0 spiro atoms. The molecule has 0 bridgehead atoms. The van der Waals surface area contributed by atoms with Gasteiger partial charge in [0.1, 0.15) is 6.33 Å². The van der Waals surface area contributed by atoms with E-state index in [0.717, 1.165) is 36.9 Å². The number of methoxy groups -OCH3 is 1. The van der Waals surface area contributed by atoms with E-state index in [2.05, 4.69) is 9.97 Å². The summed E-state index contributed by atoms with van der Waals surface area (Å²) in [5.41, 5.74) is 8.21. The number of aromatic nitrogens is 2. The summed E-state index contributed by atoms with van der Waals surface area (Å²) >= 11 is 0. The van der Waals surface area contributed by atoms with Crippen molar-refractivity contribution in [1.82, 2.24) is 9.97 Å². The van der Waals surface area contributed by atoms with Gasteiger partial charge in [-0.1, -0.05) is 0 Å². The van der Waals surface area contributed by atoms with E-state index >= 15 is 0 Å². The fraction of sp³-hybridized carbons (Fsp3) is 0.636. The minimum Gasteiger partial charge on any atom is -0.481 e. The Morgan fingerprint density at radius 3 is 2.80 bits per heavy atom. The molecule has 4 nitrogen and oxygen atoms in total. The molecule has 1 aliphatic rings. The minimum absolute atomic E-state index is 0.0879. The number of nitrogens with two attached hydrogens (primary N) is 1. The molecule has 1 aromatic heterocycles. The molecule has 82 valence electrons. The van der Waals surface area contributed by atoms with Crippen LogP contribution >= 0.6 is 0 Å². The first kappa shape index (κ1) is 10.4. The molecular formula is C11H17N3O. The zero-order valence-electron chi connectivity index (χ0n) is 9.29. The van der Waals surface area contributed by atoms with Crippen molar-refractivity contribution in [3.63, 3.8) is 0 Å². The Hall–Kier alpha value is -1.16. The summed E-state index contributed by atoms with van der Waals surface area (Å²) in [6, 6.07) is 0. The van der Waals surface area contributed by atoms with Crippen LogP contribution in [0.2, 0.25) is 0 Å². The van der Waals surface area contributed by atoms with Crippen LogP contribution in [-0.4, -0.2) is 22.6 Å². The van der Waals surface area contributed by atoms with Gasteiger partial charge in [-0.15, -0.1) is 0 Å². The van der Waals surface area contributed by atoms with Crippen molar-refractivity contribution >= 4 is 0 Å². The number of hydrogen-bond donors (Lipinski definition) is 1. The second kappa shape index (κ2) is 3.77. The number of hydrogen-bond acceptors (Lipinski definition) is 4. The molecule has 1 heterocycles. The van der Waals surface area contributed by atoms with Crippen molar-refractivity contribution in [3.05, 3.63) is 17.6 Å². The Morgan fingerprint density at radius 2 is 2.20 bits per heavy atom. The van der Waals surface area contributed by atoms with Crippen LogP contribution in [-0.2, 0) is 6.42 Å². The quantitative estimate of drug-likeness (QED) is 0.806. The Morgan fingerprint density at radius 1 is 1.47 bits per heavy atom. The van der Waals surface area contributed by atoms with Gasteiger partial charge in [0, 0.05) is 11.1 Å². The highest BCUT2D eigenvalue weighted by molar-refractivity contribution is 5.28. The lowest BCUT2D eigenvalue weighted by molar-refractivity contribution is 0.392. The first-order valence-corrected chi connectivity index (χ1v) is 5.28. The Labute approximate surface area is 89.9 Å². The summed E-state index contributed by atoms with van der Waals surface area (Å²) < 4.78 is 5.15. The van der Waals surface area contributed by atoms with Gasteiger partial charge in [-0.05, 0) is 32.6 Å². The van der Waals surface area contributed by atoms with E-state index in [-0.39, 0.29) is 5.54 Å². The third kappa shape index (κ3) is 2.26. The van der Waals surface area contributed by atoms with Crippen molar-refractivity contribution in [2.75, 3.05) is 7.11 Å². The zero-order chi connectivity index (χ0) is 10.9. The van der Waals surface area contributed by atoms with Crippen molar-refractivity contribution in [2.45, 2.75) is 38.1 Å². The first-order chi connectivity index (χ1) is 7.14. The lowest BCUT2D eigenvalue weighted by Crippen LogP contribution is -2.22. The second-order valence-electron chi connectivity index (χ2n) is 4.32. The van der Waals surface area contributed by atoms with E-state index in [1.807, 2.05) is 6.92 Å². The fourth-order valence-electron chi connectivity index (χ4n) is 1.70. The molecule has 4 heteroatoms.